The van der Waals surface area contributed by atoms with E-state index in [-0.39, 0.29) is 17.9 Å². The molecule has 1 atom stereocenters. The van der Waals surface area contributed by atoms with E-state index in [4.69, 9.17) is 4.74 Å². The second-order valence-electron chi connectivity index (χ2n) is 11.3. The second-order valence-corrected chi connectivity index (χ2v) is 11.3. The van der Waals surface area contributed by atoms with E-state index in [2.05, 4.69) is 22.9 Å². The Morgan fingerprint density at radius 2 is 1.51 bits per heavy atom. The Kier molecular flexibility index (Phi) is 8.06. The maximum Gasteiger partial charge on any atom is 0.339 e. The maximum absolute atomic E-state index is 13.1. The van der Waals surface area contributed by atoms with Crippen molar-refractivity contribution in [1.29, 1.82) is 0 Å². The smallest absolute Gasteiger partial charge is 0.339 e. The van der Waals surface area contributed by atoms with Crippen molar-refractivity contribution in [2.45, 2.75) is 52.3 Å². The lowest BCUT2D eigenvalue weighted by Gasteiger charge is -2.21. The molecule has 5 rings (SSSR count). The minimum atomic E-state index is -0.581. The van der Waals surface area contributed by atoms with Crippen LogP contribution in [0.25, 0.3) is 22.0 Å². The van der Waals surface area contributed by atoms with Gasteiger partial charge < -0.3 is 14.6 Å². The van der Waals surface area contributed by atoms with Gasteiger partial charge in [-0.2, -0.15) is 0 Å². The Morgan fingerprint density at radius 3 is 2.24 bits per heavy atom. The van der Waals surface area contributed by atoms with Crippen LogP contribution in [0.3, 0.4) is 0 Å². The van der Waals surface area contributed by atoms with Crippen molar-refractivity contribution in [3.05, 3.63) is 132 Å². The van der Waals surface area contributed by atoms with E-state index in [0.29, 0.717) is 17.7 Å². The zero-order valence-corrected chi connectivity index (χ0v) is 24.1. The fraction of sp³-hybridized carbons (Fsp3) is 0.222. The highest BCUT2D eigenvalue weighted by atomic mass is 16.6. The Labute approximate surface area is 241 Å². The number of benzene rings is 4. The highest BCUT2D eigenvalue weighted by Gasteiger charge is 2.22. The molecule has 208 valence electrons. The molecular weight excluding hydrogens is 508 g/mol. The third-order valence-electron chi connectivity index (χ3n) is 7.14. The number of amides is 1. The molecule has 0 aliphatic heterocycles. The lowest BCUT2D eigenvalue weighted by atomic mass is 9.95. The molecule has 5 heteroatoms. The van der Waals surface area contributed by atoms with Crippen molar-refractivity contribution in [3.63, 3.8) is 0 Å². The second kappa shape index (κ2) is 11.8. The summed E-state index contributed by atoms with van der Waals surface area (Å²) in [4.78, 5) is 26.2. The van der Waals surface area contributed by atoms with Crippen molar-refractivity contribution in [1.82, 2.24) is 9.88 Å². The molecule has 5 aromatic rings. The van der Waals surface area contributed by atoms with E-state index in [1.807, 2.05) is 124 Å². The van der Waals surface area contributed by atoms with Crippen LogP contribution in [-0.2, 0) is 11.3 Å². The van der Waals surface area contributed by atoms with Gasteiger partial charge in [-0.1, -0.05) is 79.7 Å². The largest absolute Gasteiger partial charge is 0.456 e. The molecule has 1 aromatic heterocycles. The lowest BCUT2D eigenvalue weighted by molar-refractivity contribution is 0.00703. The van der Waals surface area contributed by atoms with Crippen LogP contribution in [0.4, 0.5) is 0 Å². The molecule has 0 spiro atoms. The Balaban J connectivity index is 1.40. The average molecular weight is 545 g/mol. The van der Waals surface area contributed by atoms with Gasteiger partial charge in [0.05, 0.1) is 11.6 Å². The standard InChI is InChI=1S/C36H36N2O3/c1-5-32(25-13-7-6-8-14-25)37-34(39)27-19-20-33-26(23-27)21-22-38(33)24-28-15-9-10-16-29(28)30-17-11-12-18-31(30)35(40)41-36(2,3)4/h6-23,32H,5,24H2,1-4H3,(H,37,39). The van der Waals surface area contributed by atoms with Gasteiger partial charge in [0.15, 0.2) is 0 Å². The van der Waals surface area contributed by atoms with Crippen LogP contribution in [0.1, 0.15) is 72.0 Å². The molecule has 0 radical (unpaired) electrons. The quantitative estimate of drug-likeness (QED) is 0.200. The minimum Gasteiger partial charge on any atom is -0.456 e. The van der Waals surface area contributed by atoms with Crippen LogP contribution in [0, 0.1) is 0 Å². The van der Waals surface area contributed by atoms with Crippen LogP contribution in [-0.4, -0.2) is 22.0 Å². The first-order valence-corrected chi connectivity index (χ1v) is 14.1. The zero-order valence-electron chi connectivity index (χ0n) is 24.1. The van der Waals surface area contributed by atoms with Gasteiger partial charge in [0.1, 0.15) is 5.60 Å². The summed E-state index contributed by atoms with van der Waals surface area (Å²) in [5, 5.41) is 4.18. The van der Waals surface area contributed by atoms with E-state index >= 15 is 0 Å². The van der Waals surface area contributed by atoms with E-state index in [1.54, 1.807) is 0 Å². The molecule has 0 aliphatic carbocycles. The number of nitrogens with zero attached hydrogens (tertiary/aromatic N) is 1. The number of carbonyl (C=O) groups excluding carboxylic acids is 2. The number of fused-ring (bicyclic) bond motifs is 1. The Morgan fingerprint density at radius 1 is 0.829 bits per heavy atom. The van der Waals surface area contributed by atoms with Gasteiger partial charge in [-0.3, -0.25) is 4.79 Å². The van der Waals surface area contributed by atoms with Gasteiger partial charge in [0.2, 0.25) is 0 Å². The van der Waals surface area contributed by atoms with Crippen molar-refractivity contribution in [3.8, 4) is 11.1 Å². The summed E-state index contributed by atoms with van der Waals surface area (Å²) in [5.74, 6) is -0.419. The molecular formula is C36H36N2O3. The third kappa shape index (κ3) is 6.41. The maximum atomic E-state index is 13.1. The molecule has 0 bridgehead atoms. The minimum absolute atomic E-state index is 0.0379. The SMILES string of the molecule is CCC(NC(=O)c1ccc2c(ccn2Cc2ccccc2-c2ccccc2C(=O)OC(C)(C)C)c1)c1ccccc1. The monoisotopic (exact) mass is 544 g/mol. The summed E-state index contributed by atoms with van der Waals surface area (Å²) in [5.41, 5.74) is 5.64. The third-order valence-corrected chi connectivity index (χ3v) is 7.14. The average Bonchev–Trinajstić information content (AvgIpc) is 3.37. The summed E-state index contributed by atoms with van der Waals surface area (Å²) < 4.78 is 7.87. The molecule has 0 saturated heterocycles. The number of esters is 1. The summed E-state index contributed by atoms with van der Waals surface area (Å²) in [6.07, 6.45) is 2.85. The number of aromatic nitrogens is 1. The molecule has 1 N–H and O–H groups in total. The number of nitrogens with one attached hydrogen (secondary N) is 1. The van der Waals surface area contributed by atoms with Gasteiger partial charge in [-0.05, 0) is 79.8 Å². The van der Waals surface area contributed by atoms with Crippen LogP contribution < -0.4 is 5.32 Å². The first kappa shape index (κ1) is 27.9. The fourth-order valence-electron chi connectivity index (χ4n) is 5.16. The van der Waals surface area contributed by atoms with E-state index in [9.17, 15) is 9.59 Å². The molecule has 1 amide bonds. The zero-order chi connectivity index (χ0) is 29.0. The normalized spacial score (nSPS) is 12.2. The molecule has 1 unspecified atom stereocenters. The fourth-order valence-corrected chi connectivity index (χ4v) is 5.16. The summed E-state index contributed by atoms with van der Waals surface area (Å²) >= 11 is 0. The first-order chi connectivity index (χ1) is 19.7. The van der Waals surface area contributed by atoms with Crippen LogP contribution >= 0.6 is 0 Å². The van der Waals surface area contributed by atoms with E-state index in [0.717, 1.165) is 39.6 Å². The van der Waals surface area contributed by atoms with Gasteiger partial charge in [-0.15, -0.1) is 0 Å². The Hall–Kier alpha value is -4.64. The Bertz CT molecular complexity index is 1680. The summed E-state index contributed by atoms with van der Waals surface area (Å²) in [6, 6.07) is 33.6. The highest BCUT2D eigenvalue weighted by molar-refractivity contribution is 5.99. The summed E-state index contributed by atoms with van der Waals surface area (Å²) in [6.45, 7) is 8.31. The van der Waals surface area contributed by atoms with Crippen molar-refractivity contribution < 1.29 is 14.3 Å². The van der Waals surface area contributed by atoms with Gasteiger partial charge >= 0.3 is 5.97 Å². The van der Waals surface area contributed by atoms with Crippen LogP contribution in [0.15, 0.2) is 109 Å². The van der Waals surface area contributed by atoms with Crippen molar-refractivity contribution >= 4 is 22.8 Å². The van der Waals surface area contributed by atoms with Crippen LogP contribution in [0.2, 0.25) is 0 Å². The molecule has 0 saturated carbocycles. The van der Waals surface area contributed by atoms with Gasteiger partial charge in [-0.25, -0.2) is 4.79 Å². The molecule has 1 heterocycles. The van der Waals surface area contributed by atoms with Crippen molar-refractivity contribution in [2.24, 2.45) is 0 Å². The molecule has 5 nitrogen and oxygen atoms in total. The molecule has 0 aliphatic rings. The molecule has 41 heavy (non-hydrogen) atoms. The van der Waals surface area contributed by atoms with E-state index in [1.165, 1.54) is 0 Å². The first-order valence-electron chi connectivity index (χ1n) is 14.1. The number of rotatable bonds is 8. The number of hydrogen-bond donors (Lipinski definition) is 1. The molecule has 0 fully saturated rings. The number of hydrogen-bond acceptors (Lipinski definition) is 3. The van der Waals surface area contributed by atoms with Crippen molar-refractivity contribution in [2.75, 3.05) is 0 Å². The lowest BCUT2D eigenvalue weighted by Crippen LogP contribution is -2.28. The number of ether oxygens (including phenoxy) is 1. The predicted octanol–water partition coefficient (Wildman–Crippen LogP) is 8.19. The topological polar surface area (TPSA) is 60.3 Å². The summed E-state index contributed by atoms with van der Waals surface area (Å²) in [7, 11) is 0. The van der Waals surface area contributed by atoms with Crippen LogP contribution in [0.5, 0.6) is 0 Å². The van der Waals surface area contributed by atoms with E-state index < -0.39 is 5.60 Å². The van der Waals surface area contributed by atoms with Gasteiger partial charge in [0, 0.05) is 29.2 Å². The highest BCUT2D eigenvalue weighted by Crippen LogP contribution is 2.30. The van der Waals surface area contributed by atoms with Gasteiger partial charge in [0.25, 0.3) is 5.91 Å². The molecule has 4 aromatic carbocycles. The predicted molar refractivity (Wildman–Crippen MR) is 165 cm³/mol. The number of carbonyl (C=O) groups is 2.